The van der Waals surface area contributed by atoms with Crippen molar-refractivity contribution in [2.45, 2.75) is 134 Å². The van der Waals surface area contributed by atoms with Gasteiger partial charge in [0.1, 0.15) is 47.6 Å². The second kappa shape index (κ2) is 21.9. The Bertz CT molecular complexity index is 3790. The number of likely N-dealkylation sites (tertiary alicyclic amines) is 1. The van der Waals surface area contributed by atoms with Crippen molar-refractivity contribution in [3.05, 3.63) is 112 Å². The van der Waals surface area contributed by atoms with E-state index in [-0.39, 0.29) is 67.3 Å². The minimum atomic E-state index is -0.977. The number of carbonyl (C=O) groups excluding carboxylic acids is 2. The third kappa shape index (κ3) is 10.0. The van der Waals surface area contributed by atoms with E-state index in [0.29, 0.717) is 45.7 Å². The van der Waals surface area contributed by atoms with E-state index in [2.05, 4.69) is 47.1 Å². The molecule has 2 saturated carbocycles. The number of carbonyl (C=O) groups is 2. The molecule has 0 unspecified atom stereocenters. The summed E-state index contributed by atoms with van der Waals surface area (Å²) in [5.41, 5.74) is 11.1. The average molecular weight is 1160 g/mol. The van der Waals surface area contributed by atoms with Crippen LogP contribution in [0.3, 0.4) is 0 Å². The van der Waals surface area contributed by atoms with Crippen LogP contribution in [0.4, 0.5) is 10.2 Å². The molecular formula is C63H69FN12O7S. The molecule has 0 radical (unpaired) electrons. The smallest absolute Gasteiger partial charge is 0.319 e. The Morgan fingerprint density at radius 2 is 1.75 bits per heavy atom. The van der Waals surface area contributed by atoms with Crippen LogP contribution in [0.2, 0.25) is 0 Å². The standard InChI is InChI=1S/C63H69FN12O7S/c1-33(2)56(61(80)75-26-43(78)20-52(75)60(79)68-51(28-77)39-11-13-40(14-12-39)58-35(4)66-32-84-58)76-27-50(72-73-76)38-7-5-36(6-8-38)29-82-57-54(53-34(3)48(64)22-49-47(53)24-67-71-49)45(37-9-10-37)21-46-55(57)69-62(70-59(46)74-25-41-19-42(74)23-65-41)83-44-15-17-63(18-16-44)30-81-31-63/h5-8,11-14,21-22,24,27,32-33,37,41-44,51-52,56,65,77-78H,9-10,15-20,23,25-26,28-31H2,1-4H3,(H,67,71)(H,68,79)/t41-,42-,43+,51-,52-,56-/m0/s1. The lowest BCUT2D eigenvalue weighted by Gasteiger charge is -2.45. The van der Waals surface area contributed by atoms with Crippen molar-refractivity contribution in [1.82, 2.24) is 55.7 Å². The molecule has 19 nitrogen and oxygen atoms in total. The van der Waals surface area contributed by atoms with Crippen molar-refractivity contribution in [2.24, 2.45) is 11.3 Å². The highest BCUT2D eigenvalue weighted by molar-refractivity contribution is 7.13. The predicted molar refractivity (Wildman–Crippen MR) is 315 cm³/mol. The van der Waals surface area contributed by atoms with Gasteiger partial charge in [-0.1, -0.05) is 67.6 Å². The van der Waals surface area contributed by atoms with E-state index in [1.807, 2.05) is 76.2 Å². The van der Waals surface area contributed by atoms with Gasteiger partial charge >= 0.3 is 6.01 Å². The highest BCUT2D eigenvalue weighted by Gasteiger charge is 2.45. The molecule has 84 heavy (non-hydrogen) atoms. The fourth-order valence-electron chi connectivity index (χ4n) is 13.7. The minimum Gasteiger partial charge on any atom is -0.486 e. The Balaban J connectivity index is 0.749. The van der Waals surface area contributed by atoms with Crippen molar-refractivity contribution >= 4 is 50.8 Å². The number of H-pyrrole nitrogens is 1. The number of hydrogen-bond acceptors (Lipinski definition) is 16. The van der Waals surface area contributed by atoms with E-state index >= 15 is 4.39 Å². The first-order valence-corrected chi connectivity index (χ1v) is 30.5. The van der Waals surface area contributed by atoms with Crippen LogP contribution in [0, 0.1) is 31.0 Å². The molecular weight excluding hydrogens is 1090 g/mol. The average Bonchev–Trinajstić information content (AvgIpc) is 4.16. The number of aromatic amines is 1. The van der Waals surface area contributed by atoms with Crippen LogP contribution in [0.1, 0.15) is 111 Å². The van der Waals surface area contributed by atoms with Gasteiger partial charge in [0.25, 0.3) is 0 Å². The first-order chi connectivity index (χ1) is 40.8. The fraction of sp³-hybridized carbons (Fsp3) is 0.460. The molecule has 14 rings (SSSR count). The number of aryl methyl sites for hydroxylation is 1. The molecule has 1 spiro atoms. The molecule has 21 heteroatoms. The summed E-state index contributed by atoms with van der Waals surface area (Å²) in [4.78, 5) is 48.6. The van der Waals surface area contributed by atoms with E-state index in [1.54, 1.807) is 33.9 Å². The molecule has 6 atom stereocenters. The summed E-state index contributed by atoms with van der Waals surface area (Å²) in [5, 5.41) is 46.1. The van der Waals surface area contributed by atoms with E-state index < -0.39 is 30.1 Å². The lowest BCUT2D eigenvalue weighted by atomic mass is 9.72. The second-order valence-electron chi connectivity index (χ2n) is 24.6. The van der Waals surface area contributed by atoms with Gasteiger partial charge in [-0.05, 0) is 111 Å². The van der Waals surface area contributed by atoms with Crippen LogP contribution in [-0.2, 0) is 20.9 Å². The Kier molecular flexibility index (Phi) is 14.2. The van der Waals surface area contributed by atoms with Crippen molar-refractivity contribution < 1.29 is 38.4 Å². The number of fused-ring (bicyclic) bond motifs is 4. The molecule has 4 aliphatic heterocycles. The zero-order chi connectivity index (χ0) is 57.5. The molecule has 8 heterocycles. The van der Waals surface area contributed by atoms with E-state index in [1.165, 1.54) is 11.0 Å². The van der Waals surface area contributed by atoms with Gasteiger partial charge in [-0.3, -0.25) is 14.7 Å². The number of thiazole rings is 1. The maximum absolute atomic E-state index is 16.2. The highest BCUT2D eigenvalue weighted by Crippen LogP contribution is 2.54. The first kappa shape index (κ1) is 54.5. The molecule has 2 aliphatic carbocycles. The zero-order valence-electron chi connectivity index (χ0n) is 47.6. The molecule has 8 aromatic rings. The summed E-state index contributed by atoms with van der Waals surface area (Å²) < 4.78 is 37.5. The second-order valence-corrected chi connectivity index (χ2v) is 25.5. The fourth-order valence-corrected chi connectivity index (χ4v) is 14.5. The van der Waals surface area contributed by atoms with Crippen molar-refractivity contribution in [2.75, 3.05) is 44.4 Å². The third-order valence-electron chi connectivity index (χ3n) is 18.6. The van der Waals surface area contributed by atoms with Gasteiger partial charge in [0.05, 0.1) is 66.0 Å². The normalized spacial score (nSPS) is 21.9. The largest absolute Gasteiger partial charge is 0.486 e. The molecule has 2 amide bonds. The maximum Gasteiger partial charge on any atom is 0.319 e. The molecule has 6 fully saturated rings. The van der Waals surface area contributed by atoms with Gasteiger partial charge in [0.2, 0.25) is 11.8 Å². The number of benzene rings is 4. The van der Waals surface area contributed by atoms with Crippen LogP contribution in [0.15, 0.2) is 78.6 Å². The topological polar surface area (TPSA) is 231 Å². The van der Waals surface area contributed by atoms with Crippen LogP contribution in [0.5, 0.6) is 11.8 Å². The Hall–Kier alpha value is -7.43. The van der Waals surface area contributed by atoms with Crippen LogP contribution >= 0.6 is 11.3 Å². The summed E-state index contributed by atoms with van der Waals surface area (Å²) in [6, 6.07) is 17.6. The lowest BCUT2D eigenvalue weighted by molar-refractivity contribution is -0.142. The Morgan fingerprint density at radius 3 is 2.43 bits per heavy atom. The molecule has 6 aliphatic rings. The van der Waals surface area contributed by atoms with E-state index in [9.17, 15) is 19.8 Å². The van der Waals surface area contributed by atoms with Gasteiger partial charge < -0.3 is 44.9 Å². The van der Waals surface area contributed by atoms with Gasteiger partial charge in [0, 0.05) is 71.0 Å². The lowest BCUT2D eigenvalue weighted by Crippen LogP contribution is -2.50. The number of piperazine rings is 1. The SMILES string of the molecule is Cc1ncsc1-c1ccc([C@H](CO)NC(=O)[C@@H]2C[C@@H](O)CN2C(=O)[C@H](C(C)C)n2cc(-c3ccc(COc4c(-c5c(C)c(F)cc6[nH]ncc56)c(C5CC5)cc5c(N6C[C@@H]7C[C@H]6CN7)nc(OC6CCC7(CC6)COC7)nc45)cc3)nn2)cc1. The van der Waals surface area contributed by atoms with E-state index in [0.717, 1.165) is 132 Å². The van der Waals surface area contributed by atoms with Gasteiger partial charge in [-0.2, -0.15) is 15.1 Å². The summed E-state index contributed by atoms with van der Waals surface area (Å²) in [7, 11) is 0. The number of hydrogen-bond donors (Lipinski definition) is 5. The third-order valence-corrected chi connectivity index (χ3v) is 19.5. The Labute approximate surface area is 489 Å². The number of aliphatic hydroxyl groups excluding tert-OH is 2. The van der Waals surface area contributed by atoms with Crippen molar-refractivity contribution in [3.8, 4) is 44.6 Å². The molecule has 4 saturated heterocycles. The van der Waals surface area contributed by atoms with Crippen molar-refractivity contribution in [1.29, 1.82) is 0 Å². The number of aromatic nitrogens is 8. The first-order valence-electron chi connectivity index (χ1n) is 29.6. The number of nitrogens with zero attached hydrogens (tertiary/aromatic N) is 9. The summed E-state index contributed by atoms with van der Waals surface area (Å²) in [6.07, 6.45) is 9.42. The minimum absolute atomic E-state index is 0.0346. The van der Waals surface area contributed by atoms with E-state index in [4.69, 9.17) is 24.2 Å². The van der Waals surface area contributed by atoms with Crippen LogP contribution in [-0.4, -0.2) is 137 Å². The number of aliphatic hydroxyl groups is 2. The number of nitrogens with one attached hydrogen (secondary N) is 3. The molecule has 4 aromatic heterocycles. The monoisotopic (exact) mass is 1160 g/mol. The predicted octanol–water partition coefficient (Wildman–Crippen LogP) is 8.66. The summed E-state index contributed by atoms with van der Waals surface area (Å²) in [5.74, 6) is 0.139. The number of rotatable bonds is 17. The number of ether oxygens (including phenoxy) is 3. The quantitative estimate of drug-likeness (QED) is 0.0574. The van der Waals surface area contributed by atoms with Gasteiger partial charge in [-0.15, -0.1) is 16.4 Å². The molecule has 5 N–H and O–H groups in total. The van der Waals surface area contributed by atoms with Gasteiger partial charge in [0.15, 0.2) is 5.75 Å². The number of amides is 2. The number of β-amino-alcohol motifs (C(OH)–C–C–N with tert-alkyl or cyclic N) is 1. The number of halogens is 1. The van der Waals surface area contributed by atoms with Crippen molar-refractivity contribution in [3.63, 3.8) is 0 Å². The number of anilines is 1. The molecule has 2 bridgehead atoms. The van der Waals surface area contributed by atoms with Gasteiger partial charge in [-0.25, -0.2) is 14.1 Å². The maximum atomic E-state index is 16.2. The zero-order valence-corrected chi connectivity index (χ0v) is 48.4. The molecule has 4 aromatic carbocycles. The van der Waals surface area contributed by atoms with Crippen LogP contribution < -0.4 is 25.0 Å². The summed E-state index contributed by atoms with van der Waals surface area (Å²) in [6.45, 7) is 10.6. The molecule has 436 valence electrons. The van der Waals surface area contributed by atoms with Crippen LogP contribution in [0.25, 0.3) is 54.6 Å². The summed E-state index contributed by atoms with van der Waals surface area (Å²) >= 11 is 1.54. The Morgan fingerprint density at radius 1 is 0.964 bits per heavy atom. The highest BCUT2D eigenvalue weighted by atomic mass is 32.1.